The lowest BCUT2D eigenvalue weighted by Gasteiger charge is -2.12. The van der Waals surface area contributed by atoms with Crippen LogP contribution in [0.25, 0.3) is 11.3 Å². The number of nitrogens with zero attached hydrogens (tertiary/aromatic N) is 2. The number of halogens is 2. The highest BCUT2D eigenvalue weighted by molar-refractivity contribution is 9.10. The molecule has 0 aliphatic heterocycles. The highest BCUT2D eigenvalue weighted by atomic mass is 79.9. The molecule has 0 aliphatic rings. The summed E-state index contributed by atoms with van der Waals surface area (Å²) in [5.74, 6) is -0.290. The number of nitrogens with two attached hydrogens (primary N) is 1. The maximum Gasteiger partial charge on any atom is 0.137 e. The maximum absolute atomic E-state index is 13.3. The van der Waals surface area contributed by atoms with Crippen LogP contribution in [0.1, 0.15) is 32.7 Å². The van der Waals surface area contributed by atoms with Gasteiger partial charge in [-0.2, -0.15) is 5.10 Å². The molecular weight excluding hydrogens is 309 g/mol. The molecular formula is C14H17BrFN3. The summed E-state index contributed by atoms with van der Waals surface area (Å²) < 4.78 is 15.6. The van der Waals surface area contributed by atoms with Gasteiger partial charge >= 0.3 is 0 Å². The average molecular weight is 326 g/mol. The van der Waals surface area contributed by atoms with E-state index >= 15 is 0 Å². The Hall–Kier alpha value is -1.36. The first-order chi connectivity index (χ1) is 9.06. The molecule has 2 aromatic rings. The molecule has 19 heavy (non-hydrogen) atoms. The van der Waals surface area contributed by atoms with E-state index in [2.05, 4.69) is 34.9 Å². The van der Waals surface area contributed by atoms with Gasteiger partial charge in [0.2, 0.25) is 0 Å². The number of anilines is 1. The number of benzene rings is 1. The van der Waals surface area contributed by atoms with Crippen molar-refractivity contribution in [1.82, 2.24) is 9.78 Å². The van der Waals surface area contributed by atoms with Crippen LogP contribution < -0.4 is 5.73 Å². The van der Waals surface area contributed by atoms with Gasteiger partial charge in [0.25, 0.3) is 0 Å². The predicted molar refractivity (Wildman–Crippen MR) is 79.4 cm³/mol. The van der Waals surface area contributed by atoms with Crippen LogP contribution in [0.3, 0.4) is 0 Å². The fourth-order valence-corrected chi connectivity index (χ4v) is 2.50. The van der Waals surface area contributed by atoms with Crippen molar-refractivity contribution in [2.24, 2.45) is 0 Å². The van der Waals surface area contributed by atoms with Crippen LogP contribution in [0.2, 0.25) is 0 Å². The van der Waals surface area contributed by atoms with Gasteiger partial charge in [-0.15, -0.1) is 0 Å². The zero-order chi connectivity index (χ0) is 14.0. The molecule has 1 aromatic heterocycles. The monoisotopic (exact) mass is 325 g/mol. The molecule has 1 aromatic carbocycles. The Balaban J connectivity index is 2.42. The summed E-state index contributed by atoms with van der Waals surface area (Å²) >= 11 is 3.18. The molecule has 0 unspecified atom stereocenters. The summed E-state index contributed by atoms with van der Waals surface area (Å²) in [5, 5.41) is 4.54. The SMILES string of the molecule is CCC(CC)n1cc(N)c(-c2ccc(F)c(Br)c2)n1. The number of nitrogen functional groups attached to an aromatic ring is 1. The zero-order valence-corrected chi connectivity index (χ0v) is 12.6. The summed E-state index contributed by atoms with van der Waals surface area (Å²) in [5.41, 5.74) is 8.15. The summed E-state index contributed by atoms with van der Waals surface area (Å²) in [4.78, 5) is 0. The van der Waals surface area contributed by atoms with E-state index in [0.29, 0.717) is 21.9 Å². The molecule has 0 aliphatic carbocycles. The Labute approximate surface area is 120 Å². The number of hydrogen-bond acceptors (Lipinski definition) is 2. The van der Waals surface area contributed by atoms with E-state index in [1.54, 1.807) is 12.1 Å². The van der Waals surface area contributed by atoms with Crippen LogP contribution in [0, 0.1) is 5.82 Å². The second-order valence-corrected chi connectivity index (χ2v) is 5.37. The molecule has 0 amide bonds. The van der Waals surface area contributed by atoms with Gasteiger partial charge in [-0.3, -0.25) is 4.68 Å². The number of aromatic nitrogens is 2. The third-order valence-corrected chi connectivity index (χ3v) is 3.88. The Bertz CT molecular complexity index is 576. The molecule has 0 saturated carbocycles. The fourth-order valence-electron chi connectivity index (χ4n) is 2.12. The van der Waals surface area contributed by atoms with E-state index < -0.39 is 0 Å². The van der Waals surface area contributed by atoms with Gasteiger partial charge in [0, 0.05) is 11.8 Å². The van der Waals surface area contributed by atoms with Crippen LogP contribution >= 0.6 is 15.9 Å². The molecule has 2 rings (SSSR count). The van der Waals surface area contributed by atoms with Crippen LogP contribution in [0.15, 0.2) is 28.9 Å². The molecule has 102 valence electrons. The minimum absolute atomic E-state index is 0.290. The molecule has 0 bridgehead atoms. The van der Waals surface area contributed by atoms with Crippen molar-refractivity contribution >= 4 is 21.6 Å². The van der Waals surface area contributed by atoms with Gasteiger partial charge in [-0.1, -0.05) is 13.8 Å². The minimum Gasteiger partial charge on any atom is -0.396 e. The Morgan fingerprint density at radius 2 is 2.05 bits per heavy atom. The van der Waals surface area contributed by atoms with E-state index in [4.69, 9.17) is 5.73 Å². The van der Waals surface area contributed by atoms with Crippen molar-refractivity contribution in [2.45, 2.75) is 32.7 Å². The van der Waals surface area contributed by atoms with E-state index in [-0.39, 0.29) is 5.82 Å². The summed E-state index contributed by atoms with van der Waals surface area (Å²) in [7, 11) is 0. The Morgan fingerprint density at radius 3 is 2.63 bits per heavy atom. The molecule has 1 heterocycles. The van der Waals surface area contributed by atoms with Gasteiger partial charge < -0.3 is 5.73 Å². The maximum atomic E-state index is 13.3. The first kappa shape index (κ1) is 14.1. The fraction of sp³-hybridized carbons (Fsp3) is 0.357. The minimum atomic E-state index is -0.290. The largest absolute Gasteiger partial charge is 0.396 e. The number of rotatable bonds is 4. The Morgan fingerprint density at radius 1 is 1.37 bits per heavy atom. The highest BCUT2D eigenvalue weighted by Gasteiger charge is 2.14. The van der Waals surface area contributed by atoms with Gasteiger partial charge in [-0.25, -0.2) is 4.39 Å². The molecule has 0 atom stereocenters. The van der Waals surface area contributed by atoms with Crippen LogP contribution in [0.4, 0.5) is 10.1 Å². The van der Waals surface area contributed by atoms with E-state index in [9.17, 15) is 4.39 Å². The highest BCUT2D eigenvalue weighted by Crippen LogP contribution is 2.29. The van der Waals surface area contributed by atoms with Gasteiger partial charge in [-0.05, 0) is 47.0 Å². The summed E-state index contributed by atoms with van der Waals surface area (Å²) in [6.07, 6.45) is 3.86. The van der Waals surface area contributed by atoms with Crippen LogP contribution in [0.5, 0.6) is 0 Å². The van der Waals surface area contributed by atoms with E-state index in [0.717, 1.165) is 18.4 Å². The second kappa shape index (κ2) is 5.74. The van der Waals surface area contributed by atoms with Gasteiger partial charge in [0.1, 0.15) is 11.5 Å². The molecule has 0 fully saturated rings. The topological polar surface area (TPSA) is 43.8 Å². The zero-order valence-electron chi connectivity index (χ0n) is 11.0. The summed E-state index contributed by atoms with van der Waals surface area (Å²) in [6.45, 7) is 4.25. The normalized spacial score (nSPS) is 11.2. The standard InChI is InChI=1S/C14H17BrFN3/c1-3-10(4-2)19-8-13(17)14(18-19)9-5-6-12(16)11(15)7-9/h5-8,10H,3-4,17H2,1-2H3. The van der Waals surface area contributed by atoms with Crippen molar-refractivity contribution < 1.29 is 4.39 Å². The van der Waals surface area contributed by atoms with Crippen molar-refractivity contribution in [1.29, 1.82) is 0 Å². The van der Waals surface area contributed by atoms with Crippen molar-refractivity contribution in [3.63, 3.8) is 0 Å². The average Bonchev–Trinajstić information content (AvgIpc) is 2.76. The molecule has 0 spiro atoms. The van der Waals surface area contributed by atoms with Crippen molar-refractivity contribution in [3.05, 3.63) is 34.7 Å². The second-order valence-electron chi connectivity index (χ2n) is 4.51. The lowest BCUT2D eigenvalue weighted by molar-refractivity contribution is 0.429. The molecule has 0 saturated heterocycles. The molecule has 0 radical (unpaired) electrons. The first-order valence-electron chi connectivity index (χ1n) is 6.36. The lowest BCUT2D eigenvalue weighted by Crippen LogP contribution is -2.07. The Kier molecular flexibility index (Phi) is 4.24. The third kappa shape index (κ3) is 2.81. The molecule has 3 nitrogen and oxygen atoms in total. The van der Waals surface area contributed by atoms with Gasteiger partial charge in [0.15, 0.2) is 0 Å². The first-order valence-corrected chi connectivity index (χ1v) is 7.16. The third-order valence-electron chi connectivity index (χ3n) is 3.27. The lowest BCUT2D eigenvalue weighted by atomic mass is 10.1. The van der Waals surface area contributed by atoms with Crippen LogP contribution in [-0.2, 0) is 0 Å². The molecule has 2 N–H and O–H groups in total. The van der Waals surface area contributed by atoms with E-state index in [1.165, 1.54) is 6.07 Å². The predicted octanol–water partition coefficient (Wildman–Crippen LogP) is 4.40. The quantitative estimate of drug-likeness (QED) is 0.905. The molecule has 5 heteroatoms. The van der Waals surface area contributed by atoms with Crippen molar-refractivity contribution in [2.75, 3.05) is 5.73 Å². The van der Waals surface area contributed by atoms with E-state index in [1.807, 2.05) is 10.9 Å². The number of hydrogen-bond donors (Lipinski definition) is 1. The summed E-state index contributed by atoms with van der Waals surface area (Å²) in [6, 6.07) is 5.15. The van der Waals surface area contributed by atoms with Gasteiger partial charge in [0.05, 0.1) is 16.2 Å². The van der Waals surface area contributed by atoms with Crippen LogP contribution in [-0.4, -0.2) is 9.78 Å². The van der Waals surface area contributed by atoms with Crippen molar-refractivity contribution in [3.8, 4) is 11.3 Å². The smallest absolute Gasteiger partial charge is 0.137 e.